The molecule has 1 unspecified atom stereocenters. The number of aromatic nitrogens is 4. The molecule has 42 heavy (non-hydrogen) atoms. The van der Waals surface area contributed by atoms with Crippen LogP contribution in [0.3, 0.4) is 0 Å². The van der Waals surface area contributed by atoms with Crippen molar-refractivity contribution in [2.75, 3.05) is 32.7 Å². The minimum Gasteiger partial charge on any atom is -0.332 e. The van der Waals surface area contributed by atoms with Crippen LogP contribution in [0.4, 0.5) is 13.2 Å². The first-order chi connectivity index (χ1) is 20.3. The van der Waals surface area contributed by atoms with E-state index >= 15 is 0 Å². The van der Waals surface area contributed by atoms with E-state index in [9.17, 15) is 18.0 Å². The number of aryl methyl sites for hydroxylation is 1. The van der Waals surface area contributed by atoms with Crippen molar-refractivity contribution in [3.63, 3.8) is 0 Å². The summed E-state index contributed by atoms with van der Waals surface area (Å²) in [7, 11) is 0. The minimum atomic E-state index is -4.36. The maximum atomic E-state index is 13.0. The largest absolute Gasteiger partial charge is 0.416 e. The first-order valence-electron chi connectivity index (χ1n) is 14.3. The minimum absolute atomic E-state index is 0.228. The summed E-state index contributed by atoms with van der Waals surface area (Å²) in [6.45, 7) is 6.72. The van der Waals surface area contributed by atoms with Gasteiger partial charge in [0.2, 0.25) is 6.41 Å². The predicted molar refractivity (Wildman–Crippen MR) is 152 cm³/mol. The molecule has 220 valence electrons. The van der Waals surface area contributed by atoms with Crippen molar-refractivity contribution in [2.45, 2.75) is 51.1 Å². The molecule has 2 aliphatic rings. The van der Waals surface area contributed by atoms with Crippen molar-refractivity contribution in [3.8, 4) is 0 Å². The summed E-state index contributed by atoms with van der Waals surface area (Å²) in [5.41, 5.74) is 3.98. The van der Waals surface area contributed by atoms with Crippen molar-refractivity contribution >= 4 is 17.4 Å². The number of alkyl halides is 3. The lowest BCUT2D eigenvalue weighted by Crippen LogP contribution is -2.48. The zero-order chi connectivity index (χ0) is 29.3. The number of nitrogens with zero attached hydrogens (tertiary/aromatic N) is 7. The van der Waals surface area contributed by atoms with Crippen LogP contribution in [-0.2, 0) is 24.1 Å². The van der Waals surface area contributed by atoms with Crippen molar-refractivity contribution in [1.29, 1.82) is 0 Å². The van der Waals surface area contributed by atoms with Gasteiger partial charge in [0.15, 0.2) is 0 Å². The first kappa shape index (κ1) is 28.3. The van der Waals surface area contributed by atoms with Gasteiger partial charge in [-0.25, -0.2) is 4.98 Å². The Labute approximate surface area is 242 Å². The van der Waals surface area contributed by atoms with Crippen LogP contribution in [-0.4, -0.2) is 73.4 Å². The number of piperidine rings is 1. The number of likely N-dealkylation sites (tertiary alicyclic amines) is 1. The molecule has 0 radical (unpaired) electrons. The molecular weight excluding hydrogens is 543 g/mol. The molecule has 8 nitrogen and oxygen atoms in total. The molecule has 2 aliphatic heterocycles. The fourth-order valence-electron chi connectivity index (χ4n) is 6.16. The number of hydrogen-bond donors (Lipinski definition) is 0. The Balaban J connectivity index is 1.22. The van der Waals surface area contributed by atoms with Crippen LogP contribution >= 0.6 is 0 Å². The third kappa shape index (κ3) is 6.03. The molecule has 1 amide bonds. The maximum Gasteiger partial charge on any atom is 0.416 e. The summed E-state index contributed by atoms with van der Waals surface area (Å²) in [5.74, 6) is 0.864. The SMILES string of the molecule is Cc1cnc(CN2CCC(n3c(C4CN(Cc5ccc(C(F)(F)F)cc5)CCN4C=O)nc4ccccc43)CC2)cn1. The number of hydrogen-bond acceptors (Lipinski definition) is 6. The first-order valence-corrected chi connectivity index (χ1v) is 14.3. The van der Waals surface area contributed by atoms with Gasteiger partial charge >= 0.3 is 6.18 Å². The number of carbonyl (C=O) groups is 1. The van der Waals surface area contributed by atoms with Crippen molar-refractivity contribution in [3.05, 3.63) is 89.3 Å². The molecule has 4 heterocycles. The second kappa shape index (κ2) is 11.8. The normalized spacial score (nSPS) is 19.4. The van der Waals surface area contributed by atoms with E-state index in [1.165, 1.54) is 12.1 Å². The van der Waals surface area contributed by atoms with Crippen LogP contribution in [0.5, 0.6) is 0 Å². The van der Waals surface area contributed by atoms with Crippen LogP contribution in [0.1, 0.15) is 53.3 Å². The van der Waals surface area contributed by atoms with E-state index in [1.54, 1.807) is 6.20 Å². The molecule has 4 aromatic rings. The van der Waals surface area contributed by atoms with Crippen molar-refractivity contribution in [2.24, 2.45) is 0 Å². The average molecular weight is 578 g/mol. The Bertz CT molecular complexity index is 1510. The Morgan fingerprint density at radius 3 is 2.36 bits per heavy atom. The van der Waals surface area contributed by atoms with E-state index in [-0.39, 0.29) is 12.1 Å². The highest BCUT2D eigenvalue weighted by Gasteiger charge is 2.35. The fraction of sp³-hybridized carbons (Fsp3) is 0.419. The molecule has 0 aliphatic carbocycles. The smallest absolute Gasteiger partial charge is 0.332 e. The number of rotatable bonds is 7. The Kier molecular flexibility index (Phi) is 7.96. The monoisotopic (exact) mass is 577 g/mol. The quantitative estimate of drug-likeness (QED) is 0.288. The topological polar surface area (TPSA) is 70.4 Å². The number of carbonyl (C=O) groups excluding carboxylic acids is 1. The van der Waals surface area contributed by atoms with E-state index < -0.39 is 11.7 Å². The molecule has 2 fully saturated rings. The van der Waals surface area contributed by atoms with E-state index in [0.29, 0.717) is 26.2 Å². The lowest BCUT2D eigenvalue weighted by molar-refractivity contribution is -0.137. The van der Waals surface area contributed by atoms with Crippen LogP contribution < -0.4 is 0 Å². The summed E-state index contributed by atoms with van der Waals surface area (Å²) in [5, 5.41) is 0. The van der Waals surface area contributed by atoms with E-state index in [4.69, 9.17) is 4.98 Å². The van der Waals surface area contributed by atoms with Crippen molar-refractivity contribution in [1.82, 2.24) is 34.2 Å². The molecule has 1 atom stereocenters. The fourth-order valence-corrected chi connectivity index (χ4v) is 6.16. The van der Waals surface area contributed by atoms with Gasteiger partial charge in [0.1, 0.15) is 11.9 Å². The van der Waals surface area contributed by atoms with Gasteiger partial charge in [-0.15, -0.1) is 0 Å². The van der Waals surface area contributed by atoms with Crippen LogP contribution in [0.25, 0.3) is 11.0 Å². The van der Waals surface area contributed by atoms with Crippen molar-refractivity contribution < 1.29 is 18.0 Å². The predicted octanol–water partition coefficient (Wildman–Crippen LogP) is 5.01. The number of fused-ring (bicyclic) bond motifs is 1. The average Bonchev–Trinajstić information content (AvgIpc) is 3.38. The Morgan fingerprint density at radius 1 is 0.905 bits per heavy atom. The van der Waals surface area contributed by atoms with Crippen LogP contribution in [0.15, 0.2) is 60.9 Å². The number of imidazole rings is 1. The molecule has 0 spiro atoms. The van der Waals surface area contributed by atoms with Gasteiger partial charge in [-0.2, -0.15) is 13.2 Å². The molecule has 2 aromatic carbocycles. The highest BCUT2D eigenvalue weighted by Crippen LogP contribution is 2.35. The summed E-state index contributed by atoms with van der Waals surface area (Å²) in [6, 6.07) is 13.4. The van der Waals surface area contributed by atoms with Gasteiger partial charge in [-0.3, -0.25) is 24.6 Å². The summed E-state index contributed by atoms with van der Waals surface area (Å²) in [6.07, 6.45) is 2.07. The van der Waals surface area contributed by atoms with E-state index in [0.717, 1.165) is 84.8 Å². The van der Waals surface area contributed by atoms with Gasteiger partial charge < -0.3 is 9.47 Å². The number of halogens is 3. The summed E-state index contributed by atoms with van der Waals surface area (Å²) >= 11 is 0. The van der Waals surface area contributed by atoms with Gasteiger partial charge in [0, 0.05) is 64.2 Å². The Morgan fingerprint density at radius 2 is 1.67 bits per heavy atom. The molecule has 2 aromatic heterocycles. The zero-order valence-electron chi connectivity index (χ0n) is 23.5. The number of amides is 1. The van der Waals surface area contributed by atoms with Gasteiger partial charge in [0.25, 0.3) is 0 Å². The molecule has 11 heteroatoms. The Hall–Kier alpha value is -3.83. The summed E-state index contributed by atoms with van der Waals surface area (Å²) < 4.78 is 41.5. The summed E-state index contributed by atoms with van der Waals surface area (Å²) in [4.78, 5) is 32.6. The third-order valence-electron chi connectivity index (χ3n) is 8.39. The molecule has 6 rings (SSSR count). The molecule has 2 saturated heterocycles. The van der Waals surface area contributed by atoms with Crippen LogP contribution in [0.2, 0.25) is 0 Å². The number of benzene rings is 2. The molecular formula is C31H34F3N7O. The number of piperazine rings is 1. The molecule has 0 N–H and O–H groups in total. The highest BCUT2D eigenvalue weighted by molar-refractivity contribution is 5.76. The molecule has 0 bridgehead atoms. The van der Waals surface area contributed by atoms with E-state index in [2.05, 4.69) is 30.4 Å². The lowest BCUT2D eigenvalue weighted by Gasteiger charge is -2.40. The van der Waals surface area contributed by atoms with E-state index in [1.807, 2.05) is 36.2 Å². The maximum absolute atomic E-state index is 13.0. The number of para-hydroxylation sites is 2. The van der Waals surface area contributed by atoms with Gasteiger partial charge in [-0.05, 0) is 49.6 Å². The highest BCUT2D eigenvalue weighted by atomic mass is 19.4. The van der Waals surface area contributed by atoms with Crippen LogP contribution in [0, 0.1) is 6.92 Å². The van der Waals surface area contributed by atoms with Gasteiger partial charge in [-0.1, -0.05) is 24.3 Å². The lowest BCUT2D eigenvalue weighted by atomic mass is 10.0. The standard InChI is InChI=1S/C31H34F3N7O/c1-22-16-36-25(17-35-22)19-38-12-10-26(11-13-38)41-28-5-3-2-4-27(28)37-30(41)29-20-39(14-15-40(29)21-42)18-23-6-8-24(9-7-23)31(32,33)34/h2-9,16-17,21,26,29H,10-15,18-20H2,1H3. The third-order valence-corrected chi connectivity index (χ3v) is 8.39. The second-order valence-electron chi connectivity index (χ2n) is 11.3. The zero-order valence-corrected chi connectivity index (χ0v) is 23.5. The second-order valence-corrected chi connectivity index (χ2v) is 11.3. The van der Waals surface area contributed by atoms with Gasteiger partial charge in [0.05, 0.1) is 28.0 Å². The molecule has 0 saturated carbocycles.